The molecule has 0 spiro atoms. The molecule has 128 valence electrons. The zero-order valence-corrected chi connectivity index (χ0v) is 14.4. The molecule has 1 fully saturated rings. The number of likely N-dealkylation sites (tertiary alicyclic amines) is 1. The van der Waals surface area contributed by atoms with Crippen LogP contribution < -0.4 is 15.4 Å². The van der Waals surface area contributed by atoms with Gasteiger partial charge in [-0.15, -0.1) is 0 Å². The Hall–Kier alpha value is -1.75. The van der Waals surface area contributed by atoms with Gasteiger partial charge in [0.15, 0.2) is 5.96 Å². The first-order valence-electron chi connectivity index (χ1n) is 8.59. The third-order valence-corrected chi connectivity index (χ3v) is 4.31. The largest absolute Gasteiger partial charge is 0.492 e. The molecule has 0 atom stereocenters. The Kier molecular flexibility index (Phi) is 7.73. The third-order valence-electron chi connectivity index (χ3n) is 4.31. The molecule has 0 saturated carbocycles. The quantitative estimate of drug-likeness (QED) is 0.458. The fourth-order valence-corrected chi connectivity index (χ4v) is 2.82. The summed E-state index contributed by atoms with van der Waals surface area (Å²) in [6.45, 7) is 4.80. The molecule has 1 aliphatic heterocycles. The minimum Gasteiger partial charge on any atom is -0.492 e. The summed E-state index contributed by atoms with van der Waals surface area (Å²) in [7, 11) is 4.01. The number of piperidine rings is 1. The molecule has 0 radical (unpaired) electrons. The molecule has 0 unspecified atom stereocenters. The van der Waals surface area contributed by atoms with Crippen molar-refractivity contribution in [2.24, 2.45) is 10.9 Å². The average molecular weight is 318 g/mol. The Morgan fingerprint density at radius 3 is 2.57 bits per heavy atom. The van der Waals surface area contributed by atoms with E-state index in [2.05, 4.69) is 27.6 Å². The SMILES string of the molecule is CN=C(NCCOc1ccccc1)NCCC1CCN(C)CC1. The highest BCUT2D eigenvalue weighted by Gasteiger charge is 2.16. The van der Waals surface area contributed by atoms with E-state index in [4.69, 9.17) is 4.74 Å². The lowest BCUT2D eigenvalue weighted by Crippen LogP contribution is -2.40. The zero-order chi connectivity index (χ0) is 16.3. The van der Waals surface area contributed by atoms with Crippen molar-refractivity contribution in [2.45, 2.75) is 19.3 Å². The molecule has 0 aliphatic carbocycles. The summed E-state index contributed by atoms with van der Waals surface area (Å²) in [5, 5.41) is 6.69. The summed E-state index contributed by atoms with van der Waals surface area (Å²) in [5.74, 6) is 2.60. The average Bonchev–Trinajstić information content (AvgIpc) is 2.59. The molecule has 1 saturated heterocycles. The zero-order valence-electron chi connectivity index (χ0n) is 14.4. The predicted octanol–water partition coefficient (Wildman–Crippen LogP) is 1.96. The molecule has 1 heterocycles. The molecule has 2 N–H and O–H groups in total. The van der Waals surface area contributed by atoms with Crippen molar-refractivity contribution in [3.8, 4) is 5.75 Å². The van der Waals surface area contributed by atoms with Crippen molar-refractivity contribution < 1.29 is 4.74 Å². The molecule has 1 aromatic carbocycles. The highest BCUT2D eigenvalue weighted by Crippen LogP contribution is 2.18. The molecule has 0 aromatic heterocycles. The van der Waals surface area contributed by atoms with E-state index in [-0.39, 0.29) is 0 Å². The molecule has 2 rings (SSSR count). The molecule has 23 heavy (non-hydrogen) atoms. The molecular weight excluding hydrogens is 288 g/mol. The van der Waals surface area contributed by atoms with Gasteiger partial charge >= 0.3 is 0 Å². The minimum absolute atomic E-state index is 0.625. The van der Waals surface area contributed by atoms with Crippen LogP contribution in [0.5, 0.6) is 5.75 Å². The number of ether oxygens (including phenoxy) is 1. The van der Waals surface area contributed by atoms with Crippen LogP contribution >= 0.6 is 0 Å². The normalized spacial score (nSPS) is 17.0. The van der Waals surface area contributed by atoms with Crippen molar-refractivity contribution >= 4 is 5.96 Å². The van der Waals surface area contributed by atoms with E-state index in [1.54, 1.807) is 0 Å². The number of benzene rings is 1. The van der Waals surface area contributed by atoms with Crippen LogP contribution in [0.1, 0.15) is 19.3 Å². The standard InChI is InChI=1S/C18H30N4O/c1-19-18(20-11-8-16-9-13-22(2)14-10-16)21-12-15-23-17-6-4-3-5-7-17/h3-7,16H,8-15H2,1-2H3,(H2,19,20,21). The molecule has 0 amide bonds. The van der Waals surface area contributed by atoms with Gasteiger partial charge in [0.05, 0.1) is 6.54 Å². The fraction of sp³-hybridized carbons (Fsp3) is 0.611. The third kappa shape index (κ3) is 6.91. The second-order valence-corrected chi connectivity index (χ2v) is 6.12. The first-order valence-corrected chi connectivity index (χ1v) is 8.59. The second kappa shape index (κ2) is 10.1. The second-order valence-electron chi connectivity index (χ2n) is 6.12. The van der Waals surface area contributed by atoms with Crippen molar-refractivity contribution in [1.29, 1.82) is 0 Å². The predicted molar refractivity (Wildman–Crippen MR) is 96.1 cm³/mol. The Morgan fingerprint density at radius 2 is 1.87 bits per heavy atom. The lowest BCUT2D eigenvalue weighted by molar-refractivity contribution is 0.213. The van der Waals surface area contributed by atoms with E-state index in [1.807, 2.05) is 37.4 Å². The van der Waals surface area contributed by atoms with Crippen molar-refractivity contribution in [2.75, 3.05) is 46.9 Å². The van der Waals surface area contributed by atoms with Gasteiger partial charge in [0.1, 0.15) is 12.4 Å². The first-order chi connectivity index (χ1) is 11.3. The number of hydrogen-bond acceptors (Lipinski definition) is 3. The van der Waals surface area contributed by atoms with Gasteiger partial charge in [-0.05, 0) is 57.5 Å². The number of guanidine groups is 1. The molecule has 5 nitrogen and oxygen atoms in total. The maximum Gasteiger partial charge on any atom is 0.191 e. The van der Waals surface area contributed by atoms with E-state index < -0.39 is 0 Å². The van der Waals surface area contributed by atoms with Crippen LogP contribution in [0.25, 0.3) is 0 Å². The molecule has 0 bridgehead atoms. The lowest BCUT2D eigenvalue weighted by atomic mass is 9.94. The number of aliphatic imine (C=N–C) groups is 1. The van der Waals surface area contributed by atoms with Gasteiger partial charge in [0.2, 0.25) is 0 Å². The summed E-state index contributed by atoms with van der Waals surface area (Å²) in [4.78, 5) is 6.67. The van der Waals surface area contributed by atoms with E-state index >= 15 is 0 Å². The Bertz CT molecular complexity index is 455. The van der Waals surface area contributed by atoms with Gasteiger partial charge in [-0.1, -0.05) is 18.2 Å². The summed E-state index contributed by atoms with van der Waals surface area (Å²) in [6, 6.07) is 9.88. The number of para-hydroxylation sites is 1. The summed E-state index contributed by atoms with van der Waals surface area (Å²) >= 11 is 0. The summed E-state index contributed by atoms with van der Waals surface area (Å²) in [5.41, 5.74) is 0. The van der Waals surface area contributed by atoms with Crippen molar-refractivity contribution in [3.05, 3.63) is 30.3 Å². The van der Waals surface area contributed by atoms with Gasteiger partial charge < -0.3 is 20.3 Å². The van der Waals surface area contributed by atoms with E-state index in [1.165, 1.54) is 32.4 Å². The Labute approximate surface area is 140 Å². The molecule has 5 heteroatoms. The smallest absolute Gasteiger partial charge is 0.191 e. The minimum atomic E-state index is 0.625. The van der Waals surface area contributed by atoms with Gasteiger partial charge in [-0.25, -0.2) is 0 Å². The van der Waals surface area contributed by atoms with E-state index in [0.29, 0.717) is 6.61 Å². The Balaban J connectivity index is 1.55. The molecule has 1 aromatic rings. The first kappa shape index (κ1) is 17.6. The van der Waals surface area contributed by atoms with Crippen LogP contribution in [0.2, 0.25) is 0 Å². The van der Waals surface area contributed by atoms with Crippen molar-refractivity contribution in [1.82, 2.24) is 15.5 Å². The van der Waals surface area contributed by atoms with Crippen molar-refractivity contribution in [3.63, 3.8) is 0 Å². The van der Waals surface area contributed by atoms with Gasteiger partial charge in [0.25, 0.3) is 0 Å². The number of nitrogens with one attached hydrogen (secondary N) is 2. The van der Waals surface area contributed by atoms with Gasteiger partial charge in [-0.2, -0.15) is 0 Å². The topological polar surface area (TPSA) is 48.9 Å². The highest BCUT2D eigenvalue weighted by atomic mass is 16.5. The van der Waals surface area contributed by atoms with E-state index in [0.717, 1.165) is 30.7 Å². The highest BCUT2D eigenvalue weighted by molar-refractivity contribution is 5.79. The maximum atomic E-state index is 5.66. The molecule has 1 aliphatic rings. The molecular formula is C18H30N4O. The van der Waals surface area contributed by atoms with Gasteiger partial charge in [-0.3, -0.25) is 4.99 Å². The maximum absolute atomic E-state index is 5.66. The van der Waals surface area contributed by atoms with Crippen LogP contribution in [0.4, 0.5) is 0 Å². The van der Waals surface area contributed by atoms with E-state index in [9.17, 15) is 0 Å². The van der Waals surface area contributed by atoms with Crippen LogP contribution in [0, 0.1) is 5.92 Å². The van der Waals surface area contributed by atoms with Crippen LogP contribution in [0.15, 0.2) is 35.3 Å². The van der Waals surface area contributed by atoms with Crippen LogP contribution in [-0.2, 0) is 0 Å². The summed E-state index contributed by atoms with van der Waals surface area (Å²) < 4.78 is 5.66. The fourth-order valence-electron chi connectivity index (χ4n) is 2.82. The number of hydrogen-bond donors (Lipinski definition) is 2. The van der Waals surface area contributed by atoms with Gasteiger partial charge in [0, 0.05) is 13.6 Å². The monoisotopic (exact) mass is 318 g/mol. The number of nitrogens with zero attached hydrogens (tertiary/aromatic N) is 2. The van der Waals surface area contributed by atoms with Crippen LogP contribution in [-0.4, -0.2) is 57.7 Å². The summed E-state index contributed by atoms with van der Waals surface area (Å²) in [6.07, 6.45) is 3.85. The lowest BCUT2D eigenvalue weighted by Gasteiger charge is -2.29. The number of rotatable bonds is 7. The Morgan fingerprint density at radius 1 is 1.17 bits per heavy atom. The van der Waals surface area contributed by atoms with Crippen LogP contribution in [0.3, 0.4) is 0 Å².